The van der Waals surface area contributed by atoms with Crippen LogP contribution in [0, 0.1) is 0 Å². The quantitative estimate of drug-likeness (QED) is 0.220. The second kappa shape index (κ2) is 8.64. The zero-order chi connectivity index (χ0) is 7.66. The Morgan fingerprint density at radius 1 is 1.00 bits per heavy atom. The molecular weight excluding hydrogens is 172 g/mol. The van der Waals surface area contributed by atoms with Crippen molar-refractivity contribution in [1.29, 1.82) is 0 Å². The maximum atomic E-state index is 7.95. The highest BCUT2D eigenvalue weighted by Gasteiger charge is 1.83. The first-order valence-corrected chi connectivity index (χ1v) is 4.96. The van der Waals surface area contributed by atoms with Gasteiger partial charge in [0, 0.05) is 11.5 Å². The maximum Gasteiger partial charge on any atom is 0.0543 e. The average molecular weight is 180 g/mol. The molecule has 10 heavy (non-hydrogen) atoms. The molecule has 0 spiro atoms. The largest absolute Gasteiger partial charge is 0.411 e. The van der Waals surface area contributed by atoms with Crippen molar-refractivity contribution in [2.45, 2.75) is 0 Å². The normalized spacial score (nSPS) is 11.6. The summed E-state index contributed by atoms with van der Waals surface area (Å²) in [5.74, 6) is 1.31. The Bertz CT molecular complexity index is 104. The van der Waals surface area contributed by atoms with Gasteiger partial charge in [-0.3, -0.25) is 0 Å². The van der Waals surface area contributed by atoms with Crippen molar-refractivity contribution in [2.75, 3.05) is 11.5 Å². The molecule has 6 heteroatoms. The van der Waals surface area contributed by atoms with Crippen molar-refractivity contribution in [1.82, 2.24) is 0 Å². The zero-order valence-corrected chi connectivity index (χ0v) is 6.81. The predicted octanol–water partition coefficient (Wildman–Crippen LogP) is 1.29. The van der Waals surface area contributed by atoms with Crippen LogP contribution in [0.15, 0.2) is 10.3 Å². The molecule has 0 aromatic carbocycles. The van der Waals surface area contributed by atoms with Gasteiger partial charge in [-0.1, -0.05) is 21.6 Å². The van der Waals surface area contributed by atoms with E-state index >= 15 is 0 Å². The Morgan fingerprint density at radius 2 is 1.40 bits per heavy atom. The van der Waals surface area contributed by atoms with E-state index in [9.17, 15) is 0 Å². The van der Waals surface area contributed by atoms with Crippen LogP contribution in [0.1, 0.15) is 0 Å². The lowest BCUT2D eigenvalue weighted by atomic mass is 10.9. The van der Waals surface area contributed by atoms with E-state index in [1.165, 1.54) is 34.0 Å². The van der Waals surface area contributed by atoms with Crippen LogP contribution in [-0.2, 0) is 0 Å². The molecular formula is C4H8N2O2S2. The summed E-state index contributed by atoms with van der Waals surface area (Å²) in [6.45, 7) is 0. The van der Waals surface area contributed by atoms with Gasteiger partial charge in [-0.2, -0.15) is 0 Å². The molecule has 0 fully saturated rings. The van der Waals surface area contributed by atoms with Crippen molar-refractivity contribution >= 4 is 34.0 Å². The number of hydrogen-bond acceptors (Lipinski definition) is 6. The molecule has 0 atom stereocenters. The van der Waals surface area contributed by atoms with E-state index in [1.807, 2.05) is 0 Å². The van der Waals surface area contributed by atoms with Crippen LogP contribution in [0.4, 0.5) is 0 Å². The van der Waals surface area contributed by atoms with Crippen molar-refractivity contribution in [3.8, 4) is 0 Å². The first-order valence-electron chi connectivity index (χ1n) is 2.48. The second-order valence-electron chi connectivity index (χ2n) is 1.17. The molecule has 0 aromatic heterocycles. The van der Waals surface area contributed by atoms with E-state index in [1.54, 1.807) is 0 Å². The standard InChI is InChI=1S/C4H8N2O2S2/c7-5-1-3-9-10-4-2-6-8/h1-2,7-8H,3-4H2. The highest BCUT2D eigenvalue weighted by atomic mass is 33.1. The molecule has 0 aliphatic heterocycles. The van der Waals surface area contributed by atoms with Crippen molar-refractivity contribution in [3.63, 3.8) is 0 Å². The molecule has 0 aliphatic rings. The molecule has 0 amide bonds. The van der Waals surface area contributed by atoms with Crippen LogP contribution in [0.3, 0.4) is 0 Å². The Kier molecular flexibility index (Phi) is 8.33. The minimum absolute atomic E-state index is 0.653. The Labute approximate surface area is 66.8 Å². The topological polar surface area (TPSA) is 65.2 Å². The van der Waals surface area contributed by atoms with Crippen LogP contribution in [-0.4, -0.2) is 34.3 Å². The van der Waals surface area contributed by atoms with E-state index in [0.717, 1.165) is 0 Å². The summed E-state index contributed by atoms with van der Waals surface area (Å²) in [5.41, 5.74) is 0. The molecule has 0 heterocycles. The summed E-state index contributed by atoms with van der Waals surface area (Å²) in [4.78, 5) is 0. The lowest BCUT2D eigenvalue weighted by Gasteiger charge is -1.88. The smallest absolute Gasteiger partial charge is 0.0543 e. The van der Waals surface area contributed by atoms with E-state index in [4.69, 9.17) is 10.4 Å². The van der Waals surface area contributed by atoms with E-state index in [0.29, 0.717) is 11.5 Å². The van der Waals surface area contributed by atoms with Gasteiger partial charge in [0.1, 0.15) is 0 Å². The summed E-state index contributed by atoms with van der Waals surface area (Å²) in [7, 11) is 3.05. The molecule has 0 saturated heterocycles. The third kappa shape index (κ3) is 7.64. The fraction of sp³-hybridized carbons (Fsp3) is 0.500. The van der Waals surface area contributed by atoms with Gasteiger partial charge in [-0.15, -0.1) is 10.3 Å². The van der Waals surface area contributed by atoms with Crippen LogP contribution < -0.4 is 0 Å². The summed E-state index contributed by atoms with van der Waals surface area (Å²) in [5, 5.41) is 21.5. The van der Waals surface area contributed by atoms with Crippen molar-refractivity contribution < 1.29 is 10.4 Å². The number of rotatable bonds is 5. The van der Waals surface area contributed by atoms with Gasteiger partial charge in [0.2, 0.25) is 0 Å². The zero-order valence-electron chi connectivity index (χ0n) is 5.17. The highest BCUT2D eigenvalue weighted by Crippen LogP contribution is 2.18. The van der Waals surface area contributed by atoms with Gasteiger partial charge >= 0.3 is 0 Å². The molecule has 2 N–H and O–H groups in total. The fourth-order valence-corrected chi connectivity index (χ4v) is 1.61. The van der Waals surface area contributed by atoms with Gasteiger partial charge in [-0.05, 0) is 0 Å². The van der Waals surface area contributed by atoms with E-state index in [2.05, 4.69) is 10.3 Å². The molecule has 58 valence electrons. The van der Waals surface area contributed by atoms with Gasteiger partial charge in [0.15, 0.2) is 0 Å². The molecule has 0 unspecified atom stereocenters. The predicted molar refractivity (Wildman–Crippen MR) is 45.5 cm³/mol. The molecule has 0 saturated carbocycles. The lowest BCUT2D eigenvalue weighted by Crippen LogP contribution is -1.79. The monoisotopic (exact) mass is 180 g/mol. The number of oxime groups is 2. The average Bonchev–Trinajstić information content (AvgIpc) is 1.97. The summed E-state index contributed by atoms with van der Waals surface area (Å²) >= 11 is 0. The third-order valence-corrected chi connectivity index (χ3v) is 2.59. The molecule has 0 rings (SSSR count). The van der Waals surface area contributed by atoms with Gasteiger partial charge in [0.05, 0.1) is 12.4 Å². The first kappa shape index (κ1) is 9.64. The Hall–Kier alpha value is -0.360. The summed E-state index contributed by atoms with van der Waals surface area (Å²) < 4.78 is 0. The highest BCUT2D eigenvalue weighted by molar-refractivity contribution is 8.77. The van der Waals surface area contributed by atoms with Crippen LogP contribution >= 0.6 is 21.6 Å². The molecule has 0 aromatic rings. The van der Waals surface area contributed by atoms with Gasteiger partial charge < -0.3 is 10.4 Å². The molecule has 0 aliphatic carbocycles. The second-order valence-corrected chi connectivity index (χ2v) is 3.72. The van der Waals surface area contributed by atoms with Crippen LogP contribution in [0.25, 0.3) is 0 Å². The number of hydrogen-bond donors (Lipinski definition) is 2. The van der Waals surface area contributed by atoms with Gasteiger partial charge in [0.25, 0.3) is 0 Å². The van der Waals surface area contributed by atoms with E-state index < -0.39 is 0 Å². The summed E-state index contributed by atoms with van der Waals surface area (Å²) in [6.07, 6.45) is 2.79. The van der Waals surface area contributed by atoms with Crippen molar-refractivity contribution in [2.24, 2.45) is 10.3 Å². The Balaban J connectivity index is 2.90. The van der Waals surface area contributed by atoms with Crippen LogP contribution in [0.5, 0.6) is 0 Å². The number of nitrogens with zero attached hydrogens (tertiary/aromatic N) is 2. The van der Waals surface area contributed by atoms with Gasteiger partial charge in [-0.25, -0.2) is 0 Å². The minimum atomic E-state index is 0.653. The van der Waals surface area contributed by atoms with Crippen molar-refractivity contribution in [3.05, 3.63) is 0 Å². The lowest BCUT2D eigenvalue weighted by molar-refractivity contribution is 0.321. The maximum absolute atomic E-state index is 7.95. The fourth-order valence-electron chi connectivity index (χ4n) is 0.224. The molecule has 0 bridgehead atoms. The van der Waals surface area contributed by atoms with E-state index in [-0.39, 0.29) is 0 Å². The Morgan fingerprint density at radius 3 is 1.70 bits per heavy atom. The van der Waals surface area contributed by atoms with Crippen LogP contribution in [0.2, 0.25) is 0 Å². The summed E-state index contributed by atoms with van der Waals surface area (Å²) in [6, 6.07) is 0. The molecule has 0 radical (unpaired) electrons. The SMILES string of the molecule is ON=CCSSCC=NO. The third-order valence-electron chi connectivity index (χ3n) is 0.532. The minimum Gasteiger partial charge on any atom is -0.411 e. The molecule has 4 nitrogen and oxygen atoms in total. The first-order chi connectivity index (χ1) is 4.91.